The SMILES string of the molecule is CC(C)C1NC(=O)[C@H](Cc2ccccc2)NC(=O)C(Cc2ccc(N=[N+]=[N-])cc2)NC(=O)CC(C)(C)SSC[C@@H](C(=O)N2CCC[C@H]2C(=O)N[C@@H](CCCCN)C(=O)N[C@H](Cc2ccc(O)cc2)C(N)=O)NC(=O)C(CC(N)=O)NC1=O. The molecule has 442 valence electrons. The monoisotopic (exact) mass is 1170 g/mol. The summed E-state index contributed by atoms with van der Waals surface area (Å²) in [5, 5.41) is 32.3. The van der Waals surface area contributed by atoms with Crippen molar-refractivity contribution in [2.75, 3.05) is 18.8 Å². The van der Waals surface area contributed by atoms with E-state index in [1.165, 1.54) is 27.8 Å². The molecule has 2 heterocycles. The Kier molecular flexibility index (Phi) is 24.8. The number of phenolic OH excluding ortho intramolecular Hbond substituents is 1. The number of carbonyl (C=O) groups excluding carboxylic acids is 10. The van der Waals surface area contributed by atoms with Gasteiger partial charge in [-0.25, -0.2) is 0 Å². The standard InChI is InChI=1S/C55H74N14O11S2/c1-31(2)46-53(79)64-41(28-44(57)71)50(76)65-42(54(80)69-24-10-14-43(69)52(78)61-37(13-8-9-23-56)48(74)62-38(47(58)73)25-34-17-21-36(70)22-18-34)30-81-82-55(3,4)29-45(72)60-39(27-33-15-19-35(20-16-33)67-68-59)49(75)63-40(51(77)66-46)26-32-11-6-5-7-12-32/h5-7,11-12,15-22,31,37-43,46,70H,8-10,13-14,23-30,56H2,1-4H3,(H2,57,71)(H2,58,73)(H,60,72)(H,61,78)(H,62,74)(H,63,75)(H,64,79)(H,65,76)(H,66,77)/t37-,38+,39?,40-,41?,42-,43-,46?/m0/s1. The predicted molar refractivity (Wildman–Crippen MR) is 309 cm³/mol. The highest BCUT2D eigenvalue weighted by molar-refractivity contribution is 8.77. The van der Waals surface area contributed by atoms with Crippen molar-refractivity contribution in [1.82, 2.24) is 42.1 Å². The second-order valence-electron chi connectivity index (χ2n) is 21.1. The number of benzene rings is 3. The Morgan fingerprint density at radius 2 is 1.39 bits per heavy atom. The van der Waals surface area contributed by atoms with E-state index in [0.717, 1.165) is 10.8 Å². The van der Waals surface area contributed by atoms with Crippen molar-refractivity contribution in [1.29, 1.82) is 0 Å². The van der Waals surface area contributed by atoms with E-state index in [9.17, 15) is 53.1 Å². The molecule has 2 saturated heterocycles. The third kappa shape index (κ3) is 20.3. The van der Waals surface area contributed by atoms with E-state index in [1.54, 1.807) is 94.4 Å². The van der Waals surface area contributed by atoms with Crippen molar-refractivity contribution in [2.45, 2.75) is 145 Å². The summed E-state index contributed by atoms with van der Waals surface area (Å²) in [4.78, 5) is 144. The number of hydrogen-bond donors (Lipinski definition) is 11. The van der Waals surface area contributed by atoms with E-state index in [-0.39, 0.29) is 63.1 Å². The zero-order valence-electron chi connectivity index (χ0n) is 46.3. The number of nitrogens with two attached hydrogens (primary N) is 3. The molecule has 0 aliphatic carbocycles. The summed E-state index contributed by atoms with van der Waals surface area (Å²) in [5.74, 6) is -8.85. The summed E-state index contributed by atoms with van der Waals surface area (Å²) in [6.45, 7) is 7.07. The van der Waals surface area contributed by atoms with Crippen molar-refractivity contribution in [3.63, 3.8) is 0 Å². The molecule has 3 aromatic rings. The first-order valence-corrected chi connectivity index (χ1v) is 29.3. The zero-order valence-corrected chi connectivity index (χ0v) is 47.9. The van der Waals surface area contributed by atoms with Crippen molar-refractivity contribution in [2.24, 2.45) is 28.2 Å². The van der Waals surface area contributed by atoms with Gasteiger partial charge in [-0.05, 0) is 92.8 Å². The number of aromatic hydroxyl groups is 1. The molecule has 14 N–H and O–H groups in total. The molecule has 25 nitrogen and oxygen atoms in total. The van der Waals surface area contributed by atoms with Gasteiger partial charge in [0, 0.05) is 53.3 Å². The molecule has 0 aromatic heterocycles. The molecule has 0 bridgehead atoms. The summed E-state index contributed by atoms with van der Waals surface area (Å²) in [7, 11) is 2.29. The second kappa shape index (κ2) is 31.4. The van der Waals surface area contributed by atoms with Gasteiger partial charge in [0.2, 0.25) is 59.1 Å². The van der Waals surface area contributed by atoms with Crippen LogP contribution in [0.2, 0.25) is 0 Å². The van der Waals surface area contributed by atoms with Gasteiger partial charge >= 0.3 is 0 Å². The fourth-order valence-corrected chi connectivity index (χ4v) is 11.9. The molecular weight excluding hydrogens is 1100 g/mol. The molecule has 3 unspecified atom stereocenters. The molecule has 2 fully saturated rings. The lowest BCUT2D eigenvalue weighted by molar-refractivity contribution is -0.142. The lowest BCUT2D eigenvalue weighted by atomic mass is 9.99. The summed E-state index contributed by atoms with van der Waals surface area (Å²) >= 11 is 0. The van der Waals surface area contributed by atoms with Crippen LogP contribution in [-0.4, -0.2) is 141 Å². The Labute approximate surface area is 483 Å². The number of phenols is 1. The number of primary amides is 2. The number of rotatable bonds is 20. The molecule has 5 rings (SSSR count). The van der Waals surface area contributed by atoms with Gasteiger partial charge in [0.25, 0.3) is 0 Å². The Morgan fingerprint density at radius 3 is 2.01 bits per heavy atom. The quantitative estimate of drug-likeness (QED) is 0.0251. The number of nitrogens with zero attached hydrogens (tertiary/aromatic N) is 4. The van der Waals surface area contributed by atoms with Gasteiger partial charge in [-0.3, -0.25) is 47.9 Å². The summed E-state index contributed by atoms with van der Waals surface area (Å²) in [6, 6.07) is 10.4. The third-order valence-corrected chi connectivity index (χ3v) is 16.9. The van der Waals surface area contributed by atoms with E-state index in [2.05, 4.69) is 47.2 Å². The normalized spacial score (nSPS) is 21.9. The van der Waals surface area contributed by atoms with E-state index >= 15 is 0 Å². The van der Waals surface area contributed by atoms with Crippen LogP contribution in [0.4, 0.5) is 5.69 Å². The van der Waals surface area contributed by atoms with Gasteiger partial charge in [0.15, 0.2) is 0 Å². The summed E-state index contributed by atoms with van der Waals surface area (Å²) < 4.78 is -0.928. The highest BCUT2D eigenvalue weighted by Gasteiger charge is 2.41. The molecule has 10 amide bonds. The predicted octanol–water partition coefficient (Wildman–Crippen LogP) is 1.46. The first kappa shape index (κ1) is 64.9. The number of amides is 10. The van der Waals surface area contributed by atoms with Crippen molar-refractivity contribution in [3.05, 3.63) is 106 Å². The topological polar surface area (TPSA) is 405 Å². The molecule has 0 spiro atoms. The van der Waals surface area contributed by atoms with Gasteiger partial charge in [-0.15, -0.1) is 0 Å². The molecular formula is C55H74N14O11S2. The lowest BCUT2D eigenvalue weighted by Gasteiger charge is -2.32. The van der Waals surface area contributed by atoms with Gasteiger partial charge in [0.1, 0.15) is 54.1 Å². The van der Waals surface area contributed by atoms with E-state index < -0.39 is 124 Å². The van der Waals surface area contributed by atoms with Crippen molar-refractivity contribution < 1.29 is 53.1 Å². The van der Waals surface area contributed by atoms with Crippen molar-refractivity contribution in [3.8, 4) is 5.75 Å². The maximum atomic E-state index is 14.9. The van der Waals surface area contributed by atoms with Crippen LogP contribution in [0.25, 0.3) is 10.4 Å². The van der Waals surface area contributed by atoms with Crippen LogP contribution in [0.1, 0.15) is 89.3 Å². The van der Waals surface area contributed by atoms with Crippen LogP contribution < -0.4 is 54.4 Å². The minimum absolute atomic E-state index is 0.00511. The van der Waals surface area contributed by atoms with E-state index in [1.807, 2.05) is 0 Å². The van der Waals surface area contributed by atoms with Gasteiger partial charge in [0.05, 0.1) is 6.42 Å². The molecule has 0 saturated carbocycles. The number of nitrogens with one attached hydrogen (secondary N) is 7. The molecule has 82 heavy (non-hydrogen) atoms. The van der Waals surface area contributed by atoms with Crippen LogP contribution in [0.5, 0.6) is 5.75 Å². The first-order valence-electron chi connectivity index (χ1n) is 26.9. The number of unbranched alkanes of at least 4 members (excludes halogenated alkanes) is 1. The van der Waals surface area contributed by atoms with Crippen LogP contribution >= 0.6 is 21.6 Å². The zero-order chi connectivity index (χ0) is 60.1. The number of likely N-dealkylation sites (tertiary alicyclic amines) is 1. The average molecular weight is 1170 g/mol. The van der Waals surface area contributed by atoms with E-state index in [4.69, 9.17) is 22.7 Å². The molecule has 0 radical (unpaired) electrons. The molecule has 2 aliphatic rings. The molecule has 8 atom stereocenters. The smallest absolute Gasteiger partial charge is 0.246 e. The summed E-state index contributed by atoms with van der Waals surface area (Å²) in [5.41, 5.74) is 28.1. The Morgan fingerprint density at radius 1 is 0.780 bits per heavy atom. The van der Waals surface area contributed by atoms with Gasteiger partial charge in [-0.2, -0.15) is 0 Å². The van der Waals surface area contributed by atoms with Gasteiger partial charge in [-0.1, -0.05) is 107 Å². The minimum Gasteiger partial charge on any atom is -0.508 e. The fourth-order valence-electron chi connectivity index (χ4n) is 9.25. The molecule has 27 heteroatoms. The van der Waals surface area contributed by atoms with Crippen LogP contribution in [0.15, 0.2) is 84.0 Å². The minimum atomic E-state index is -1.69. The Balaban J connectivity index is 1.46. The number of hydrogen-bond acceptors (Lipinski definition) is 15. The van der Waals surface area contributed by atoms with Crippen LogP contribution in [-0.2, 0) is 67.2 Å². The van der Waals surface area contributed by atoms with Crippen molar-refractivity contribution >= 4 is 86.3 Å². The Hall–Kier alpha value is -7.87. The second-order valence-corrected chi connectivity index (χ2v) is 24.2. The maximum absolute atomic E-state index is 14.9. The average Bonchev–Trinajstić information content (AvgIpc) is 4.03. The van der Waals surface area contributed by atoms with Crippen LogP contribution in [0.3, 0.4) is 0 Å². The lowest BCUT2D eigenvalue weighted by Crippen LogP contribution is -2.61. The first-order chi connectivity index (χ1) is 39.0. The molecule has 3 aromatic carbocycles. The summed E-state index contributed by atoms with van der Waals surface area (Å²) in [6.07, 6.45) is 0.425. The largest absolute Gasteiger partial charge is 0.508 e. The third-order valence-electron chi connectivity index (χ3n) is 13.6. The fraction of sp³-hybridized carbons (Fsp3) is 0.491. The maximum Gasteiger partial charge on any atom is 0.246 e. The van der Waals surface area contributed by atoms with E-state index in [0.29, 0.717) is 41.6 Å². The van der Waals surface area contributed by atoms with Crippen LogP contribution in [0, 0.1) is 5.92 Å². The number of carbonyl (C=O) groups is 10. The molecule has 2 aliphatic heterocycles. The highest BCUT2D eigenvalue weighted by atomic mass is 33.1. The number of azide groups is 1. The highest BCUT2D eigenvalue weighted by Crippen LogP contribution is 2.39. The van der Waals surface area contributed by atoms with Gasteiger partial charge < -0.3 is 64.4 Å². The Bertz CT molecular complexity index is 2800.